The van der Waals surface area contributed by atoms with Gasteiger partial charge in [0.15, 0.2) is 5.76 Å². The van der Waals surface area contributed by atoms with Gasteiger partial charge in [0, 0.05) is 16.8 Å². The molecule has 0 unspecified atom stereocenters. The van der Waals surface area contributed by atoms with E-state index in [1.54, 1.807) is 54.6 Å². The molecule has 2 aromatic carbocycles. The lowest BCUT2D eigenvalue weighted by Crippen LogP contribution is -2.12. The molecule has 0 aliphatic heterocycles. The minimum atomic E-state index is -0.671. The molecule has 0 bridgehead atoms. The fourth-order valence-corrected chi connectivity index (χ4v) is 2.51. The number of rotatable bonds is 5. The number of amides is 2. The molecule has 3 rings (SSSR count). The third-order valence-corrected chi connectivity index (χ3v) is 3.69. The second-order valence-electron chi connectivity index (χ2n) is 5.42. The van der Waals surface area contributed by atoms with E-state index < -0.39 is 5.91 Å². The third-order valence-electron chi connectivity index (χ3n) is 3.69. The molecule has 1 aromatic heterocycles. The highest BCUT2D eigenvalue weighted by molar-refractivity contribution is 6.05. The molecule has 4 N–H and O–H groups in total. The van der Waals surface area contributed by atoms with Crippen molar-refractivity contribution in [3.8, 4) is 11.1 Å². The molecule has 0 saturated heterocycles. The minimum absolute atomic E-state index is 0.0493. The first-order chi connectivity index (χ1) is 12.1. The minimum Gasteiger partial charge on any atom is -0.459 e. The number of hydrogen-bond donors (Lipinski definition) is 3. The Labute approximate surface area is 143 Å². The van der Waals surface area contributed by atoms with Gasteiger partial charge in [0.1, 0.15) is 0 Å². The van der Waals surface area contributed by atoms with Gasteiger partial charge in [-0.1, -0.05) is 24.3 Å². The van der Waals surface area contributed by atoms with Crippen LogP contribution in [-0.2, 0) is 6.61 Å². The summed E-state index contributed by atoms with van der Waals surface area (Å²) >= 11 is 0. The summed E-state index contributed by atoms with van der Waals surface area (Å²) in [6, 6.07) is 15.4. The Morgan fingerprint density at radius 3 is 2.64 bits per heavy atom. The van der Waals surface area contributed by atoms with Gasteiger partial charge in [-0.25, -0.2) is 0 Å². The van der Waals surface area contributed by atoms with Crippen LogP contribution in [0.15, 0.2) is 65.3 Å². The molecule has 6 nitrogen and oxygen atoms in total. The number of aliphatic hydroxyl groups is 1. The summed E-state index contributed by atoms with van der Waals surface area (Å²) in [5, 5.41) is 11.9. The van der Waals surface area contributed by atoms with Crippen molar-refractivity contribution < 1.29 is 19.1 Å². The monoisotopic (exact) mass is 336 g/mol. The van der Waals surface area contributed by atoms with E-state index in [1.807, 2.05) is 0 Å². The number of furan rings is 1. The van der Waals surface area contributed by atoms with Crippen molar-refractivity contribution in [3.63, 3.8) is 0 Å². The van der Waals surface area contributed by atoms with E-state index in [4.69, 9.17) is 15.3 Å². The molecule has 0 spiro atoms. The Kier molecular flexibility index (Phi) is 4.63. The van der Waals surface area contributed by atoms with Crippen molar-refractivity contribution in [1.82, 2.24) is 0 Å². The number of primary amides is 1. The molecule has 0 aliphatic rings. The normalized spacial score (nSPS) is 10.4. The van der Waals surface area contributed by atoms with Crippen LogP contribution < -0.4 is 11.1 Å². The van der Waals surface area contributed by atoms with Gasteiger partial charge in [-0.2, -0.15) is 0 Å². The van der Waals surface area contributed by atoms with Crippen LogP contribution in [0.2, 0.25) is 0 Å². The number of carbonyl (C=O) groups excluding carboxylic acids is 2. The Hall–Kier alpha value is -3.38. The Bertz CT molecular complexity index is 930. The van der Waals surface area contributed by atoms with Crippen LogP contribution in [0.5, 0.6) is 0 Å². The number of hydrogen-bond acceptors (Lipinski definition) is 4. The van der Waals surface area contributed by atoms with Gasteiger partial charge >= 0.3 is 0 Å². The van der Waals surface area contributed by atoms with Gasteiger partial charge < -0.3 is 20.6 Å². The molecule has 0 aliphatic carbocycles. The van der Waals surface area contributed by atoms with Crippen LogP contribution in [0.25, 0.3) is 11.1 Å². The average molecular weight is 336 g/mol. The van der Waals surface area contributed by atoms with Gasteiger partial charge in [0.05, 0.1) is 12.9 Å². The van der Waals surface area contributed by atoms with Gasteiger partial charge in [-0.05, 0) is 41.5 Å². The summed E-state index contributed by atoms with van der Waals surface area (Å²) in [5.41, 5.74) is 8.19. The molecule has 0 radical (unpaired) electrons. The average Bonchev–Trinajstić information content (AvgIpc) is 3.12. The van der Waals surface area contributed by atoms with Gasteiger partial charge in [-0.3, -0.25) is 9.59 Å². The van der Waals surface area contributed by atoms with E-state index in [2.05, 4.69) is 5.32 Å². The first-order valence-electron chi connectivity index (χ1n) is 7.57. The fourth-order valence-electron chi connectivity index (χ4n) is 2.51. The maximum atomic E-state index is 12.5. The van der Waals surface area contributed by atoms with E-state index in [1.165, 1.54) is 6.26 Å². The molecule has 0 fully saturated rings. The number of carbonyl (C=O) groups is 2. The number of nitrogens with two attached hydrogens (primary N) is 1. The van der Waals surface area contributed by atoms with Crippen molar-refractivity contribution >= 4 is 17.5 Å². The Morgan fingerprint density at radius 2 is 1.88 bits per heavy atom. The lowest BCUT2D eigenvalue weighted by Gasteiger charge is -2.08. The quantitative estimate of drug-likeness (QED) is 0.666. The zero-order valence-electron chi connectivity index (χ0n) is 13.2. The molecule has 0 saturated carbocycles. The van der Waals surface area contributed by atoms with E-state index in [0.717, 1.165) is 0 Å². The summed E-state index contributed by atoms with van der Waals surface area (Å²) in [4.78, 5) is 23.9. The highest BCUT2D eigenvalue weighted by atomic mass is 16.3. The Balaban J connectivity index is 1.87. The molecule has 0 atom stereocenters. The highest BCUT2D eigenvalue weighted by Gasteiger charge is 2.15. The summed E-state index contributed by atoms with van der Waals surface area (Å²) in [5.74, 6) is -0.926. The van der Waals surface area contributed by atoms with Gasteiger partial charge in [-0.15, -0.1) is 0 Å². The number of aliphatic hydroxyl groups excluding tert-OH is 1. The van der Waals surface area contributed by atoms with E-state index in [9.17, 15) is 9.59 Å². The predicted molar refractivity (Wildman–Crippen MR) is 93.0 cm³/mol. The van der Waals surface area contributed by atoms with Crippen molar-refractivity contribution in [2.75, 3.05) is 5.32 Å². The molecular formula is C19H16N2O4. The Morgan fingerprint density at radius 1 is 1.08 bits per heavy atom. The molecule has 6 heteroatoms. The third kappa shape index (κ3) is 3.59. The molecule has 126 valence electrons. The van der Waals surface area contributed by atoms with Crippen LogP contribution in [0.3, 0.4) is 0 Å². The predicted octanol–water partition coefficient (Wildman–Crippen LogP) is 2.79. The second-order valence-corrected chi connectivity index (χ2v) is 5.42. The van der Waals surface area contributed by atoms with Crippen LogP contribution in [0.1, 0.15) is 26.5 Å². The smallest absolute Gasteiger partial charge is 0.285 e. The first kappa shape index (κ1) is 16.5. The summed E-state index contributed by atoms with van der Waals surface area (Å²) in [6.07, 6.45) is 1.38. The topological polar surface area (TPSA) is 106 Å². The second kappa shape index (κ2) is 7.02. The molecular weight excluding hydrogens is 320 g/mol. The highest BCUT2D eigenvalue weighted by Crippen LogP contribution is 2.26. The van der Waals surface area contributed by atoms with Crippen LogP contribution >= 0.6 is 0 Å². The van der Waals surface area contributed by atoms with Crippen LogP contribution in [0.4, 0.5) is 5.69 Å². The molecule has 1 heterocycles. The lowest BCUT2D eigenvalue weighted by atomic mass is 10.0. The first-order valence-corrected chi connectivity index (χ1v) is 7.57. The van der Waals surface area contributed by atoms with Crippen LogP contribution in [0, 0.1) is 0 Å². The van der Waals surface area contributed by atoms with E-state index in [-0.39, 0.29) is 18.3 Å². The van der Waals surface area contributed by atoms with Crippen molar-refractivity contribution in [2.45, 2.75) is 6.61 Å². The molecule has 25 heavy (non-hydrogen) atoms. The summed E-state index contributed by atoms with van der Waals surface area (Å²) < 4.78 is 5.10. The maximum Gasteiger partial charge on any atom is 0.285 e. The zero-order valence-corrected chi connectivity index (χ0v) is 13.2. The van der Waals surface area contributed by atoms with Crippen molar-refractivity contribution in [2.24, 2.45) is 5.73 Å². The number of anilines is 1. The number of nitrogens with one attached hydrogen (secondary N) is 1. The standard InChI is InChI=1S/C19H16N2O4/c20-18(23)17-16(7-8-25-17)13-4-2-5-14(10-13)19(24)21-15-6-1-3-12(9-15)11-22/h1-10,22H,11H2,(H2,20,23)(H,21,24). The van der Waals surface area contributed by atoms with E-state index >= 15 is 0 Å². The fraction of sp³-hybridized carbons (Fsp3) is 0.0526. The van der Waals surface area contributed by atoms with Crippen molar-refractivity contribution in [1.29, 1.82) is 0 Å². The van der Waals surface area contributed by atoms with E-state index in [0.29, 0.717) is 27.9 Å². The van der Waals surface area contributed by atoms with Crippen molar-refractivity contribution in [3.05, 3.63) is 77.7 Å². The van der Waals surface area contributed by atoms with Gasteiger partial charge in [0.25, 0.3) is 11.8 Å². The SMILES string of the molecule is NC(=O)c1occc1-c1cccc(C(=O)Nc2cccc(CO)c2)c1. The number of benzene rings is 2. The maximum absolute atomic E-state index is 12.5. The zero-order chi connectivity index (χ0) is 17.8. The molecule has 2 amide bonds. The lowest BCUT2D eigenvalue weighted by molar-refractivity contribution is 0.0973. The largest absolute Gasteiger partial charge is 0.459 e. The van der Waals surface area contributed by atoms with Crippen LogP contribution in [-0.4, -0.2) is 16.9 Å². The molecule has 3 aromatic rings. The summed E-state index contributed by atoms with van der Waals surface area (Å²) in [6.45, 7) is -0.102. The van der Waals surface area contributed by atoms with Gasteiger partial charge in [0.2, 0.25) is 0 Å². The summed E-state index contributed by atoms with van der Waals surface area (Å²) in [7, 11) is 0.